The van der Waals surface area contributed by atoms with E-state index in [1.165, 1.54) is 38.5 Å². The molecule has 1 amide bonds. The van der Waals surface area contributed by atoms with Crippen LogP contribution in [-0.4, -0.2) is 16.4 Å². The molecule has 0 heterocycles. The predicted molar refractivity (Wildman–Crippen MR) is 98.2 cm³/mol. The molecule has 4 aliphatic rings. The van der Waals surface area contributed by atoms with Gasteiger partial charge in [0.1, 0.15) is 6.07 Å². The zero-order valence-electron chi connectivity index (χ0n) is 13.6. The molecule has 0 atom stereocenters. The third-order valence-corrected chi connectivity index (χ3v) is 7.62. The number of carbonyl (C=O) groups excluding carboxylic acids is 1. The third kappa shape index (κ3) is 3.17. The van der Waals surface area contributed by atoms with Crippen LogP contribution in [0.25, 0.3) is 0 Å². The normalized spacial score (nSPS) is 33.2. The lowest BCUT2D eigenvalue weighted by atomic mass is 9.56. The van der Waals surface area contributed by atoms with Gasteiger partial charge in [-0.1, -0.05) is 11.6 Å². The van der Waals surface area contributed by atoms with Crippen LogP contribution < -0.4 is 5.32 Å². The van der Waals surface area contributed by atoms with E-state index in [0.717, 1.165) is 17.8 Å². The average molecular weight is 361 g/mol. The highest BCUT2D eigenvalue weighted by molar-refractivity contribution is 8.01. The van der Waals surface area contributed by atoms with Crippen LogP contribution in [0.2, 0.25) is 5.02 Å². The lowest BCUT2D eigenvalue weighted by Crippen LogP contribution is -2.49. The fourth-order valence-electron chi connectivity index (χ4n) is 5.33. The summed E-state index contributed by atoms with van der Waals surface area (Å²) >= 11 is 7.83. The molecular formula is C19H21ClN2OS. The van der Waals surface area contributed by atoms with Gasteiger partial charge in [0.25, 0.3) is 0 Å². The molecule has 126 valence electrons. The number of halogens is 1. The molecule has 0 spiro atoms. The van der Waals surface area contributed by atoms with Crippen molar-refractivity contribution in [2.75, 3.05) is 11.1 Å². The van der Waals surface area contributed by atoms with Crippen molar-refractivity contribution in [2.24, 2.45) is 17.8 Å². The largest absolute Gasteiger partial charge is 0.324 e. The minimum atomic E-state index is -0.0329. The number of thioether (sulfide) groups is 1. The van der Waals surface area contributed by atoms with E-state index in [9.17, 15) is 4.79 Å². The number of carbonyl (C=O) groups is 1. The maximum absolute atomic E-state index is 12.4. The summed E-state index contributed by atoms with van der Waals surface area (Å²) in [5, 5.41) is 12.6. The van der Waals surface area contributed by atoms with Crippen molar-refractivity contribution in [3.63, 3.8) is 0 Å². The smallest absolute Gasteiger partial charge is 0.234 e. The van der Waals surface area contributed by atoms with Crippen LogP contribution in [0.5, 0.6) is 0 Å². The van der Waals surface area contributed by atoms with Crippen molar-refractivity contribution in [1.82, 2.24) is 0 Å². The zero-order chi connectivity index (χ0) is 16.7. The van der Waals surface area contributed by atoms with Gasteiger partial charge in [0, 0.05) is 9.77 Å². The molecule has 24 heavy (non-hydrogen) atoms. The molecule has 5 heteroatoms. The maximum Gasteiger partial charge on any atom is 0.234 e. The predicted octanol–water partition coefficient (Wildman–Crippen LogP) is 4.85. The molecule has 0 aromatic heterocycles. The van der Waals surface area contributed by atoms with E-state index in [4.69, 9.17) is 16.9 Å². The van der Waals surface area contributed by atoms with Crippen molar-refractivity contribution in [2.45, 2.75) is 43.3 Å². The minimum absolute atomic E-state index is 0.0329. The summed E-state index contributed by atoms with van der Waals surface area (Å²) in [6.45, 7) is 0. The highest BCUT2D eigenvalue weighted by atomic mass is 35.5. The van der Waals surface area contributed by atoms with E-state index in [1.807, 2.05) is 11.8 Å². The summed E-state index contributed by atoms with van der Waals surface area (Å²) in [6.07, 6.45) is 8.12. The third-order valence-electron chi connectivity index (χ3n) is 5.87. The van der Waals surface area contributed by atoms with Crippen LogP contribution in [0, 0.1) is 29.1 Å². The van der Waals surface area contributed by atoms with Gasteiger partial charge >= 0.3 is 0 Å². The first-order valence-electron chi connectivity index (χ1n) is 8.69. The second-order valence-corrected chi connectivity index (χ2v) is 9.62. The average Bonchev–Trinajstić information content (AvgIpc) is 2.52. The molecule has 4 aliphatic carbocycles. The number of rotatable bonds is 4. The monoisotopic (exact) mass is 360 g/mol. The number of amides is 1. The van der Waals surface area contributed by atoms with Gasteiger partial charge in [-0.25, -0.2) is 0 Å². The first kappa shape index (κ1) is 16.3. The number of hydrogen-bond acceptors (Lipinski definition) is 3. The number of benzene rings is 1. The molecule has 1 N–H and O–H groups in total. The van der Waals surface area contributed by atoms with Gasteiger partial charge in [0.05, 0.1) is 17.0 Å². The first-order valence-corrected chi connectivity index (χ1v) is 10.0. The van der Waals surface area contributed by atoms with Gasteiger partial charge in [0.15, 0.2) is 0 Å². The fraction of sp³-hybridized carbons (Fsp3) is 0.579. The molecule has 0 saturated heterocycles. The topological polar surface area (TPSA) is 52.9 Å². The molecule has 0 aliphatic heterocycles. The summed E-state index contributed by atoms with van der Waals surface area (Å²) in [6, 6.07) is 7.05. The van der Waals surface area contributed by atoms with Crippen LogP contribution in [0.4, 0.5) is 5.69 Å². The van der Waals surface area contributed by atoms with Gasteiger partial charge in [-0.15, -0.1) is 11.8 Å². The lowest BCUT2D eigenvalue weighted by molar-refractivity contribution is -0.113. The Morgan fingerprint density at radius 3 is 2.46 bits per heavy atom. The first-order chi connectivity index (χ1) is 11.5. The van der Waals surface area contributed by atoms with E-state index in [-0.39, 0.29) is 5.91 Å². The second-order valence-electron chi connectivity index (χ2n) is 7.74. The van der Waals surface area contributed by atoms with Gasteiger partial charge in [-0.3, -0.25) is 4.79 Å². The molecule has 1 aromatic rings. The van der Waals surface area contributed by atoms with E-state index >= 15 is 0 Å². The fourth-order valence-corrected chi connectivity index (χ4v) is 7.07. The van der Waals surface area contributed by atoms with Crippen molar-refractivity contribution in [1.29, 1.82) is 5.26 Å². The highest BCUT2D eigenvalue weighted by Gasteiger charge is 2.51. The summed E-state index contributed by atoms with van der Waals surface area (Å²) in [5.74, 6) is 3.11. The van der Waals surface area contributed by atoms with Crippen molar-refractivity contribution >= 4 is 35.0 Å². The molecule has 1 aromatic carbocycles. The Labute approximate surface area is 152 Å². The molecule has 4 bridgehead atoms. The number of nitrogens with one attached hydrogen (secondary N) is 1. The summed E-state index contributed by atoms with van der Waals surface area (Å²) in [4.78, 5) is 12.4. The van der Waals surface area contributed by atoms with Gasteiger partial charge < -0.3 is 5.32 Å². The Balaban J connectivity index is 1.39. The molecule has 4 saturated carbocycles. The SMILES string of the molecule is N#Cc1ccc(Cl)cc1NC(=O)CSC12CC3CC(CC(C3)C1)C2. The van der Waals surface area contributed by atoms with Crippen molar-refractivity contribution < 1.29 is 4.79 Å². The van der Waals surface area contributed by atoms with Gasteiger partial charge in [-0.2, -0.15) is 5.26 Å². The Kier molecular flexibility index (Phi) is 4.26. The quantitative estimate of drug-likeness (QED) is 0.834. The molecular weight excluding hydrogens is 340 g/mol. The Morgan fingerprint density at radius 1 is 1.25 bits per heavy atom. The van der Waals surface area contributed by atoms with Crippen molar-refractivity contribution in [3.8, 4) is 6.07 Å². The van der Waals surface area contributed by atoms with E-state index in [1.54, 1.807) is 18.2 Å². The van der Waals surface area contributed by atoms with Crippen molar-refractivity contribution in [3.05, 3.63) is 28.8 Å². The minimum Gasteiger partial charge on any atom is -0.324 e. The van der Waals surface area contributed by atoms with Crippen LogP contribution in [0.3, 0.4) is 0 Å². The molecule has 4 fully saturated rings. The van der Waals surface area contributed by atoms with Crippen LogP contribution >= 0.6 is 23.4 Å². The van der Waals surface area contributed by atoms with Crippen LogP contribution in [0.15, 0.2) is 18.2 Å². The van der Waals surface area contributed by atoms with Gasteiger partial charge in [-0.05, 0) is 74.5 Å². The maximum atomic E-state index is 12.4. The second kappa shape index (κ2) is 6.28. The number of nitriles is 1. The summed E-state index contributed by atoms with van der Waals surface area (Å²) in [7, 11) is 0. The summed E-state index contributed by atoms with van der Waals surface area (Å²) < 4.78 is 0.332. The standard InChI is InChI=1S/C19H21ClN2OS/c20-16-2-1-15(10-21)17(6-16)22-18(23)11-24-19-7-12-3-13(8-19)5-14(4-12)9-19/h1-2,6,12-14H,3-5,7-9,11H2,(H,22,23). The number of hydrogen-bond donors (Lipinski definition) is 1. The molecule has 0 unspecified atom stereocenters. The number of anilines is 1. The molecule has 0 radical (unpaired) electrons. The lowest BCUT2D eigenvalue weighted by Gasteiger charge is -2.56. The van der Waals surface area contributed by atoms with Crippen LogP contribution in [0.1, 0.15) is 44.1 Å². The Bertz CT molecular complexity index is 677. The zero-order valence-corrected chi connectivity index (χ0v) is 15.1. The highest BCUT2D eigenvalue weighted by Crippen LogP contribution is 2.60. The van der Waals surface area contributed by atoms with E-state index in [2.05, 4.69) is 11.4 Å². The molecule has 5 rings (SSSR count). The summed E-state index contributed by atoms with van der Waals surface area (Å²) in [5.41, 5.74) is 0.966. The van der Waals surface area contributed by atoms with E-state index in [0.29, 0.717) is 26.8 Å². The van der Waals surface area contributed by atoms with E-state index < -0.39 is 0 Å². The number of nitrogens with zero attached hydrogens (tertiary/aromatic N) is 1. The van der Waals surface area contributed by atoms with Gasteiger partial charge in [0.2, 0.25) is 5.91 Å². The Hall–Kier alpha value is -1.18. The Morgan fingerprint density at radius 2 is 1.88 bits per heavy atom. The molecule has 3 nitrogen and oxygen atoms in total. The van der Waals surface area contributed by atoms with Crippen LogP contribution in [-0.2, 0) is 4.79 Å².